The number of rotatable bonds is 2. The maximum Gasteiger partial charge on any atom is 0.326 e. The zero-order valence-corrected chi connectivity index (χ0v) is 17.0. The highest BCUT2D eigenvalue weighted by Gasteiger charge is 2.26. The molecular formula is C19H17Cl3N4O2. The average molecular weight is 440 g/mol. The lowest BCUT2D eigenvalue weighted by molar-refractivity contribution is 0.184. The van der Waals surface area contributed by atoms with Gasteiger partial charge in [-0.2, -0.15) is 0 Å². The van der Waals surface area contributed by atoms with Gasteiger partial charge in [0.1, 0.15) is 0 Å². The summed E-state index contributed by atoms with van der Waals surface area (Å²) in [5, 5.41) is 4.23. The van der Waals surface area contributed by atoms with Crippen LogP contribution in [0.1, 0.15) is 18.9 Å². The minimum atomic E-state index is -0.199. The summed E-state index contributed by atoms with van der Waals surface area (Å²) in [7, 11) is 0. The van der Waals surface area contributed by atoms with Crippen molar-refractivity contribution >= 4 is 57.6 Å². The van der Waals surface area contributed by atoms with E-state index in [0.29, 0.717) is 46.7 Å². The number of piperidine rings is 1. The predicted octanol–water partition coefficient (Wildman–Crippen LogP) is 5.16. The van der Waals surface area contributed by atoms with E-state index in [-0.39, 0.29) is 17.8 Å². The molecule has 0 spiro atoms. The topological polar surface area (TPSA) is 70.1 Å². The Morgan fingerprint density at radius 1 is 1.04 bits per heavy atom. The van der Waals surface area contributed by atoms with Crippen molar-refractivity contribution in [1.82, 2.24) is 14.5 Å². The molecule has 3 aromatic rings. The molecule has 0 aliphatic carbocycles. The number of nitrogens with zero attached hydrogens (tertiary/aromatic N) is 2. The van der Waals surface area contributed by atoms with Crippen LogP contribution in [0.2, 0.25) is 15.1 Å². The maximum atomic E-state index is 12.5. The van der Waals surface area contributed by atoms with Crippen molar-refractivity contribution in [1.29, 1.82) is 0 Å². The molecule has 0 bridgehead atoms. The largest absolute Gasteiger partial charge is 0.326 e. The monoisotopic (exact) mass is 438 g/mol. The van der Waals surface area contributed by atoms with Gasteiger partial charge < -0.3 is 15.2 Å². The molecule has 0 unspecified atom stereocenters. The Hall–Kier alpha value is -2.15. The number of anilines is 1. The summed E-state index contributed by atoms with van der Waals surface area (Å²) in [5.41, 5.74) is 1.98. The van der Waals surface area contributed by atoms with Crippen LogP contribution in [0.25, 0.3) is 11.0 Å². The fourth-order valence-electron chi connectivity index (χ4n) is 3.57. The van der Waals surface area contributed by atoms with Crippen molar-refractivity contribution in [2.75, 3.05) is 18.4 Å². The molecule has 1 aliphatic heterocycles. The average Bonchev–Trinajstić information content (AvgIpc) is 2.99. The van der Waals surface area contributed by atoms with Crippen molar-refractivity contribution < 1.29 is 4.79 Å². The van der Waals surface area contributed by atoms with Crippen molar-refractivity contribution in [3.05, 3.63) is 62.0 Å². The fourth-order valence-corrected chi connectivity index (χ4v) is 4.04. The Bertz CT molecular complexity index is 1100. The molecule has 2 heterocycles. The third kappa shape index (κ3) is 3.72. The maximum absolute atomic E-state index is 12.5. The minimum Gasteiger partial charge on any atom is -0.324 e. The van der Waals surface area contributed by atoms with Crippen LogP contribution in [0.3, 0.4) is 0 Å². The number of carbonyl (C=O) groups is 1. The quantitative estimate of drug-likeness (QED) is 0.579. The zero-order chi connectivity index (χ0) is 19.8. The molecule has 0 radical (unpaired) electrons. The Kier molecular flexibility index (Phi) is 5.27. The van der Waals surface area contributed by atoms with Gasteiger partial charge in [0.2, 0.25) is 0 Å². The van der Waals surface area contributed by atoms with E-state index >= 15 is 0 Å². The number of imidazole rings is 1. The Morgan fingerprint density at radius 2 is 1.79 bits per heavy atom. The van der Waals surface area contributed by atoms with Gasteiger partial charge in [0.15, 0.2) is 0 Å². The molecule has 1 aromatic heterocycles. The molecule has 9 heteroatoms. The highest BCUT2D eigenvalue weighted by Crippen LogP contribution is 2.28. The number of urea groups is 1. The van der Waals surface area contributed by atoms with E-state index in [9.17, 15) is 9.59 Å². The van der Waals surface area contributed by atoms with E-state index < -0.39 is 0 Å². The molecule has 1 saturated heterocycles. The molecule has 2 aromatic carbocycles. The van der Waals surface area contributed by atoms with Gasteiger partial charge in [-0.1, -0.05) is 34.8 Å². The van der Waals surface area contributed by atoms with E-state index in [1.807, 2.05) is 6.07 Å². The second-order valence-corrected chi connectivity index (χ2v) is 7.99. The molecule has 28 heavy (non-hydrogen) atoms. The van der Waals surface area contributed by atoms with Crippen LogP contribution in [0, 0.1) is 0 Å². The van der Waals surface area contributed by atoms with Crippen LogP contribution >= 0.6 is 34.8 Å². The van der Waals surface area contributed by atoms with Crippen LogP contribution in [0.4, 0.5) is 10.5 Å². The van der Waals surface area contributed by atoms with E-state index in [1.54, 1.807) is 39.8 Å². The zero-order valence-electron chi connectivity index (χ0n) is 14.7. The number of hydrogen-bond acceptors (Lipinski definition) is 2. The van der Waals surface area contributed by atoms with Crippen LogP contribution < -0.4 is 11.0 Å². The standard InChI is InChI=1S/C19H17Cl3N4O2/c20-11-1-4-17-16(9-11)24-19(28)26(17)13-5-7-25(8-6-13)18(27)23-12-2-3-14(21)15(22)10-12/h1-4,9-10,13H,5-8H2,(H,23,27)(H,24,28). The number of fused-ring (bicyclic) bond motifs is 1. The van der Waals surface area contributed by atoms with Gasteiger partial charge in [-0.25, -0.2) is 9.59 Å². The first-order valence-electron chi connectivity index (χ1n) is 8.83. The number of benzene rings is 2. The second-order valence-electron chi connectivity index (χ2n) is 6.74. The summed E-state index contributed by atoms with van der Waals surface area (Å²) in [6, 6.07) is 10.1. The number of hydrogen-bond donors (Lipinski definition) is 2. The first kappa shape index (κ1) is 19.2. The van der Waals surface area contributed by atoms with Crippen molar-refractivity contribution in [3.63, 3.8) is 0 Å². The number of aromatic nitrogens is 2. The van der Waals surface area contributed by atoms with Crippen molar-refractivity contribution in [2.45, 2.75) is 18.9 Å². The molecule has 1 aliphatic rings. The third-order valence-corrected chi connectivity index (χ3v) is 5.94. The van der Waals surface area contributed by atoms with Gasteiger partial charge in [0.05, 0.1) is 21.1 Å². The first-order valence-corrected chi connectivity index (χ1v) is 9.96. The number of carbonyl (C=O) groups excluding carboxylic acids is 1. The Labute approximate surface area is 176 Å². The number of amides is 2. The van der Waals surface area contributed by atoms with Crippen LogP contribution in [0.15, 0.2) is 41.2 Å². The highest BCUT2D eigenvalue weighted by atomic mass is 35.5. The molecule has 146 valence electrons. The third-order valence-electron chi connectivity index (χ3n) is 4.97. The summed E-state index contributed by atoms with van der Waals surface area (Å²) < 4.78 is 1.76. The van der Waals surface area contributed by atoms with Gasteiger partial charge in [-0.15, -0.1) is 0 Å². The summed E-state index contributed by atoms with van der Waals surface area (Å²) in [5.74, 6) is 0. The Balaban J connectivity index is 1.45. The van der Waals surface area contributed by atoms with Crippen LogP contribution in [-0.2, 0) is 0 Å². The molecular weight excluding hydrogens is 423 g/mol. The van der Waals surface area contributed by atoms with E-state index in [2.05, 4.69) is 10.3 Å². The van der Waals surface area contributed by atoms with Gasteiger partial charge in [-0.3, -0.25) is 4.57 Å². The van der Waals surface area contributed by atoms with Crippen LogP contribution in [-0.4, -0.2) is 33.6 Å². The molecule has 2 amide bonds. The van der Waals surface area contributed by atoms with Crippen molar-refractivity contribution in [3.8, 4) is 0 Å². The van der Waals surface area contributed by atoms with E-state index in [1.165, 1.54) is 0 Å². The number of halogens is 3. The van der Waals surface area contributed by atoms with Crippen molar-refractivity contribution in [2.24, 2.45) is 0 Å². The van der Waals surface area contributed by atoms with E-state index in [0.717, 1.165) is 11.0 Å². The second kappa shape index (κ2) is 7.70. The van der Waals surface area contributed by atoms with Crippen LogP contribution in [0.5, 0.6) is 0 Å². The first-order chi connectivity index (χ1) is 13.4. The van der Waals surface area contributed by atoms with Gasteiger partial charge in [0, 0.05) is 29.8 Å². The lowest BCUT2D eigenvalue weighted by Gasteiger charge is -2.32. The minimum absolute atomic E-state index is 0.0245. The highest BCUT2D eigenvalue weighted by molar-refractivity contribution is 6.42. The fraction of sp³-hybridized carbons (Fsp3) is 0.263. The molecule has 0 atom stereocenters. The molecule has 6 nitrogen and oxygen atoms in total. The summed E-state index contributed by atoms with van der Waals surface area (Å²) in [4.78, 5) is 29.5. The summed E-state index contributed by atoms with van der Waals surface area (Å²) in [6.45, 7) is 1.09. The van der Waals surface area contributed by atoms with Gasteiger partial charge in [-0.05, 0) is 49.2 Å². The summed E-state index contributed by atoms with van der Waals surface area (Å²) in [6.07, 6.45) is 1.37. The number of aromatic amines is 1. The molecule has 2 N–H and O–H groups in total. The number of H-pyrrole nitrogens is 1. The summed E-state index contributed by atoms with van der Waals surface area (Å²) >= 11 is 17.9. The number of likely N-dealkylation sites (tertiary alicyclic amines) is 1. The molecule has 1 fully saturated rings. The SMILES string of the molecule is O=C(Nc1ccc(Cl)c(Cl)c1)N1CCC(n2c(=O)[nH]c3cc(Cl)ccc32)CC1. The number of nitrogens with one attached hydrogen (secondary N) is 2. The van der Waals surface area contributed by atoms with Gasteiger partial charge in [0.25, 0.3) is 0 Å². The lowest BCUT2D eigenvalue weighted by Crippen LogP contribution is -2.42. The Morgan fingerprint density at radius 3 is 2.50 bits per heavy atom. The lowest BCUT2D eigenvalue weighted by atomic mass is 10.0. The smallest absolute Gasteiger partial charge is 0.324 e. The normalized spacial score (nSPS) is 15.2. The van der Waals surface area contributed by atoms with Gasteiger partial charge >= 0.3 is 11.7 Å². The predicted molar refractivity (Wildman–Crippen MR) is 113 cm³/mol. The molecule has 0 saturated carbocycles. The van der Waals surface area contributed by atoms with E-state index in [4.69, 9.17) is 34.8 Å². The molecule has 4 rings (SSSR count).